The van der Waals surface area contributed by atoms with Gasteiger partial charge in [0.2, 0.25) is 0 Å². The SMILES string of the molecule is Cc1ccccc1OC[C@H](C)NC(=O)/C(=C/c1ccco1)c1ccccc1. The second kappa shape index (κ2) is 8.90. The lowest BCUT2D eigenvalue weighted by atomic mass is 10.0. The Morgan fingerprint density at radius 2 is 1.81 bits per heavy atom. The molecule has 0 aliphatic heterocycles. The Balaban J connectivity index is 1.70. The molecular weight excluding hydrogens is 338 g/mol. The van der Waals surface area contributed by atoms with E-state index in [4.69, 9.17) is 9.15 Å². The number of amides is 1. The van der Waals surface area contributed by atoms with Crippen molar-refractivity contribution in [3.63, 3.8) is 0 Å². The molecule has 0 spiro atoms. The minimum Gasteiger partial charge on any atom is -0.491 e. The minimum absolute atomic E-state index is 0.152. The molecule has 1 N–H and O–H groups in total. The highest BCUT2D eigenvalue weighted by Crippen LogP contribution is 2.20. The van der Waals surface area contributed by atoms with E-state index in [9.17, 15) is 4.79 Å². The molecule has 0 aliphatic rings. The van der Waals surface area contributed by atoms with Gasteiger partial charge >= 0.3 is 0 Å². The molecule has 1 heterocycles. The zero-order chi connectivity index (χ0) is 19.1. The van der Waals surface area contributed by atoms with Crippen molar-refractivity contribution in [2.45, 2.75) is 19.9 Å². The molecule has 3 aromatic rings. The van der Waals surface area contributed by atoms with Gasteiger partial charge in [-0.3, -0.25) is 4.79 Å². The number of hydrogen-bond donors (Lipinski definition) is 1. The lowest BCUT2D eigenvalue weighted by Crippen LogP contribution is -2.37. The number of ether oxygens (including phenoxy) is 1. The molecule has 1 amide bonds. The quantitative estimate of drug-likeness (QED) is 0.620. The highest BCUT2D eigenvalue weighted by molar-refractivity contribution is 6.24. The third-order valence-corrected chi connectivity index (χ3v) is 4.12. The third-order valence-electron chi connectivity index (χ3n) is 4.12. The Bertz CT molecular complexity index is 898. The van der Waals surface area contributed by atoms with Gasteiger partial charge in [-0.05, 0) is 49.2 Å². The predicted molar refractivity (Wildman–Crippen MR) is 107 cm³/mol. The van der Waals surface area contributed by atoms with Gasteiger partial charge in [-0.15, -0.1) is 0 Å². The largest absolute Gasteiger partial charge is 0.491 e. The second-order valence-corrected chi connectivity index (χ2v) is 6.39. The molecule has 1 atom stereocenters. The summed E-state index contributed by atoms with van der Waals surface area (Å²) in [6.07, 6.45) is 3.34. The molecule has 0 radical (unpaired) electrons. The first-order valence-electron chi connectivity index (χ1n) is 8.93. The average Bonchev–Trinajstić information content (AvgIpc) is 3.19. The van der Waals surface area contributed by atoms with Crippen LogP contribution >= 0.6 is 0 Å². The van der Waals surface area contributed by atoms with Gasteiger partial charge in [0.25, 0.3) is 5.91 Å². The van der Waals surface area contributed by atoms with Gasteiger partial charge in [-0.1, -0.05) is 48.5 Å². The summed E-state index contributed by atoms with van der Waals surface area (Å²) in [5.74, 6) is 1.29. The van der Waals surface area contributed by atoms with E-state index in [1.807, 2.05) is 74.5 Å². The van der Waals surface area contributed by atoms with Crippen LogP contribution in [0.2, 0.25) is 0 Å². The maximum absolute atomic E-state index is 12.9. The molecule has 138 valence electrons. The van der Waals surface area contributed by atoms with Crippen molar-refractivity contribution in [2.75, 3.05) is 6.61 Å². The Morgan fingerprint density at radius 1 is 1.07 bits per heavy atom. The standard InChI is InChI=1S/C23H23NO3/c1-17-9-6-7-13-22(17)27-16-18(2)24-23(25)21(15-20-12-8-14-26-20)19-10-4-3-5-11-19/h3-15,18H,16H2,1-2H3,(H,24,25)/b21-15+/t18-/m0/s1. The Labute approximate surface area is 159 Å². The van der Waals surface area contributed by atoms with Gasteiger partial charge < -0.3 is 14.5 Å². The fourth-order valence-electron chi connectivity index (χ4n) is 2.69. The molecule has 1 aromatic heterocycles. The molecule has 27 heavy (non-hydrogen) atoms. The van der Waals surface area contributed by atoms with E-state index in [1.165, 1.54) is 0 Å². The Kier molecular flexibility index (Phi) is 6.10. The molecule has 0 bridgehead atoms. The van der Waals surface area contributed by atoms with Crippen LogP contribution in [0.15, 0.2) is 77.4 Å². The van der Waals surface area contributed by atoms with Crippen molar-refractivity contribution in [1.82, 2.24) is 5.32 Å². The topological polar surface area (TPSA) is 51.5 Å². The van der Waals surface area contributed by atoms with Crippen molar-refractivity contribution in [3.8, 4) is 5.75 Å². The first-order chi connectivity index (χ1) is 13.1. The first-order valence-corrected chi connectivity index (χ1v) is 8.93. The molecule has 0 fully saturated rings. The van der Waals surface area contributed by atoms with Crippen LogP contribution in [0.1, 0.15) is 23.8 Å². The fraction of sp³-hybridized carbons (Fsp3) is 0.174. The van der Waals surface area contributed by atoms with Crippen LogP contribution in [0.5, 0.6) is 5.75 Å². The number of furan rings is 1. The third kappa shape index (κ3) is 5.11. The molecule has 0 saturated heterocycles. The van der Waals surface area contributed by atoms with E-state index in [1.54, 1.807) is 18.4 Å². The van der Waals surface area contributed by atoms with Gasteiger partial charge in [0, 0.05) is 0 Å². The van der Waals surface area contributed by atoms with Crippen molar-refractivity contribution in [2.24, 2.45) is 0 Å². The van der Waals surface area contributed by atoms with Gasteiger partial charge in [0.15, 0.2) is 0 Å². The zero-order valence-corrected chi connectivity index (χ0v) is 15.5. The minimum atomic E-state index is -0.168. The summed E-state index contributed by atoms with van der Waals surface area (Å²) in [5.41, 5.74) is 2.45. The van der Waals surface area contributed by atoms with E-state index >= 15 is 0 Å². The molecule has 0 aliphatic carbocycles. The Morgan fingerprint density at radius 3 is 2.52 bits per heavy atom. The van der Waals surface area contributed by atoms with Crippen LogP contribution in [0.3, 0.4) is 0 Å². The first kappa shape index (κ1) is 18.5. The van der Waals surface area contributed by atoms with Crippen molar-refractivity contribution < 1.29 is 13.9 Å². The van der Waals surface area contributed by atoms with E-state index in [-0.39, 0.29) is 11.9 Å². The predicted octanol–water partition coefficient (Wildman–Crippen LogP) is 4.71. The number of para-hydroxylation sites is 1. The zero-order valence-electron chi connectivity index (χ0n) is 15.5. The van der Waals surface area contributed by atoms with E-state index < -0.39 is 0 Å². The van der Waals surface area contributed by atoms with Gasteiger partial charge in [-0.2, -0.15) is 0 Å². The molecular formula is C23H23NO3. The van der Waals surface area contributed by atoms with Crippen LogP contribution in [-0.4, -0.2) is 18.6 Å². The summed E-state index contributed by atoms with van der Waals surface area (Å²) in [4.78, 5) is 12.9. The Hall–Kier alpha value is -3.27. The molecule has 2 aromatic carbocycles. The van der Waals surface area contributed by atoms with E-state index in [0.29, 0.717) is 17.9 Å². The highest BCUT2D eigenvalue weighted by Gasteiger charge is 2.16. The lowest BCUT2D eigenvalue weighted by molar-refractivity contribution is -0.116. The summed E-state index contributed by atoms with van der Waals surface area (Å²) in [5, 5.41) is 3.01. The molecule has 0 unspecified atom stereocenters. The summed E-state index contributed by atoms with van der Waals surface area (Å²) in [7, 11) is 0. The maximum Gasteiger partial charge on any atom is 0.252 e. The number of rotatable bonds is 7. The van der Waals surface area contributed by atoms with Crippen molar-refractivity contribution in [3.05, 3.63) is 89.9 Å². The normalized spacial score (nSPS) is 12.4. The molecule has 0 saturated carbocycles. The molecule has 3 rings (SSSR count). The number of nitrogens with one attached hydrogen (secondary N) is 1. The van der Waals surface area contributed by atoms with Crippen LogP contribution in [0.4, 0.5) is 0 Å². The van der Waals surface area contributed by atoms with Crippen LogP contribution in [-0.2, 0) is 4.79 Å². The van der Waals surface area contributed by atoms with Crippen LogP contribution in [0.25, 0.3) is 11.6 Å². The van der Waals surface area contributed by atoms with E-state index in [0.717, 1.165) is 16.9 Å². The summed E-state index contributed by atoms with van der Waals surface area (Å²) < 4.78 is 11.2. The number of carbonyl (C=O) groups is 1. The monoisotopic (exact) mass is 361 g/mol. The van der Waals surface area contributed by atoms with Gasteiger partial charge in [-0.25, -0.2) is 0 Å². The summed E-state index contributed by atoms with van der Waals surface area (Å²) in [6, 6.07) is 20.8. The lowest BCUT2D eigenvalue weighted by Gasteiger charge is -2.17. The van der Waals surface area contributed by atoms with Crippen LogP contribution < -0.4 is 10.1 Å². The highest BCUT2D eigenvalue weighted by atomic mass is 16.5. The fourth-order valence-corrected chi connectivity index (χ4v) is 2.69. The summed E-state index contributed by atoms with van der Waals surface area (Å²) >= 11 is 0. The second-order valence-electron chi connectivity index (χ2n) is 6.39. The van der Waals surface area contributed by atoms with Crippen LogP contribution in [0, 0.1) is 6.92 Å². The maximum atomic E-state index is 12.9. The average molecular weight is 361 g/mol. The van der Waals surface area contributed by atoms with Crippen molar-refractivity contribution >= 4 is 17.6 Å². The number of hydrogen-bond acceptors (Lipinski definition) is 3. The molecule has 4 heteroatoms. The van der Waals surface area contributed by atoms with Crippen molar-refractivity contribution in [1.29, 1.82) is 0 Å². The smallest absolute Gasteiger partial charge is 0.252 e. The number of aryl methyl sites for hydroxylation is 1. The van der Waals surface area contributed by atoms with Gasteiger partial charge in [0.05, 0.1) is 17.9 Å². The molecule has 4 nitrogen and oxygen atoms in total. The number of carbonyl (C=O) groups excluding carboxylic acids is 1. The number of benzene rings is 2. The van der Waals surface area contributed by atoms with Gasteiger partial charge in [0.1, 0.15) is 18.1 Å². The van der Waals surface area contributed by atoms with E-state index in [2.05, 4.69) is 5.32 Å². The summed E-state index contributed by atoms with van der Waals surface area (Å²) in [6.45, 7) is 4.31.